The second kappa shape index (κ2) is 6.87. The molecule has 0 bridgehead atoms. The number of pyridine rings is 1. The van der Waals surface area contributed by atoms with Crippen LogP contribution in [0.2, 0.25) is 0 Å². The van der Waals surface area contributed by atoms with Crippen LogP contribution in [0.1, 0.15) is 31.0 Å². The molecule has 1 aliphatic heterocycles. The second-order valence-electron chi connectivity index (χ2n) is 5.75. The van der Waals surface area contributed by atoms with Crippen molar-refractivity contribution < 1.29 is 9.47 Å². The molecule has 2 heterocycles. The normalized spacial score (nSPS) is 13.9. The van der Waals surface area contributed by atoms with E-state index in [4.69, 9.17) is 9.47 Å². The smallest absolute Gasteiger partial charge is 0.231 e. The Kier molecular flexibility index (Phi) is 4.67. The van der Waals surface area contributed by atoms with Crippen molar-refractivity contribution >= 4 is 5.82 Å². The summed E-state index contributed by atoms with van der Waals surface area (Å²) >= 11 is 0. The minimum Gasteiger partial charge on any atom is -0.454 e. The molecular weight excluding hydrogens is 290 g/mol. The maximum absolute atomic E-state index is 5.43. The molecule has 2 aromatic rings. The fraction of sp³-hybridized carbons (Fsp3) is 0.389. The Hall–Kier alpha value is -2.27. The number of hydrogen-bond donors (Lipinski definition) is 1. The topological polar surface area (TPSA) is 46.6 Å². The van der Waals surface area contributed by atoms with Crippen LogP contribution in [0.5, 0.6) is 11.5 Å². The molecule has 0 spiro atoms. The van der Waals surface area contributed by atoms with E-state index in [-0.39, 0.29) is 6.04 Å². The Labute approximate surface area is 137 Å². The average molecular weight is 313 g/mol. The van der Waals surface area contributed by atoms with Crippen LogP contribution < -0.4 is 19.7 Å². The van der Waals surface area contributed by atoms with Crippen molar-refractivity contribution in [3.63, 3.8) is 0 Å². The maximum Gasteiger partial charge on any atom is 0.231 e. The summed E-state index contributed by atoms with van der Waals surface area (Å²) in [5.41, 5.74) is 2.36. The van der Waals surface area contributed by atoms with Gasteiger partial charge in [-0.25, -0.2) is 4.98 Å². The predicted octanol–water partition coefficient (Wildman–Crippen LogP) is 3.12. The van der Waals surface area contributed by atoms with Gasteiger partial charge in [0.15, 0.2) is 11.5 Å². The fourth-order valence-electron chi connectivity index (χ4n) is 2.48. The van der Waals surface area contributed by atoms with Gasteiger partial charge in [0.25, 0.3) is 0 Å². The van der Waals surface area contributed by atoms with E-state index in [0.29, 0.717) is 6.79 Å². The zero-order valence-corrected chi connectivity index (χ0v) is 13.9. The average Bonchev–Trinajstić information content (AvgIpc) is 3.07. The van der Waals surface area contributed by atoms with Crippen LogP contribution >= 0.6 is 0 Å². The van der Waals surface area contributed by atoms with E-state index in [9.17, 15) is 0 Å². The molecule has 0 radical (unpaired) electrons. The minimum atomic E-state index is 0.225. The number of anilines is 1. The predicted molar refractivity (Wildman–Crippen MR) is 91.0 cm³/mol. The lowest BCUT2D eigenvalue weighted by atomic mass is 10.1. The zero-order valence-electron chi connectivity index (χ0n) is 13.9. The molecule has 1 aromatic heterocycles. The standard InChI is InChI=1S/C18H23N3O2/c1-4-21(3)18-8-5-14(11-20-18)10-19-13(2)15-6-7-16-17(9-15)23-12-22-16/h5-9,11,13,19H,4,10,12H2,1-3H3/t13-/m1/s1. The minimum absolute atomic E-state index is 0.225. The number of nitrogens with zero attached hydrogens (tertiary/aromatic N) is 2. The summed E-state index contributed by atoms with van der Waals surface area (Å²) in [6, 6.07) is 10.5. The van der Waals surface area contributed by atoms with Crippen LogP contribution in [0.3, 0.4) is 0 Å². The van der Waals surface area contributed by atoms with Gasteiger partial charge in [0.1, 0.15) is 5.82 Å². The summed E-state index contributed by atoms with van der Waals surface area (Å²) in [6.07, 6.45) is 1.93. The number of ether oxygens (including phenoxy) is 2. The van der Waals surface area contributed by atoms with Gasteiger partial charge in [-0.3, -0.25) is 0 Å². The molecule has 1 aromatic carbocycles. The lowest BCUT2D eigenvalue weighted by Gasteiger charge is -2.17. The van der Waals surface area contributed by atoms with Crippen molar-refractivity contribution in [2.24, 2.45) is 0 Å². The molecule has 3 rings (SSSR count). The lowest BCUT2D eigenvalue weighted by Crippen LogP contribution is -2.19. The molecule has 0 aliphatic carbocycles. The van der Waals surface area contributed by atoms with Crippen LogP contribution in [0.4, 0.5) is 5.82 Å². The van der Waals surface area contributed by atoms with Gasteiger partial charge in [-0.1, -0.05) is 12.1 Å². The van der Waals surface area contributed by atoms with Gasteiger partial charge in [-0.2, -0.15) is 0 Å². The van der Waals surface area contributed by atoms with Crippen molar-refractivity contribution in [1.82, 2.24) is 10.3 Å². The highest BCUT2D eigenvalue weighted by atomic mass is 16.7. The second-order valence-corrected chi connectivity index (χ2v) is 5.75. The number of hydrogen-bond acceptors (Lipinski definition) is 5. The molecule has 5 nitrogen and oxygen atoms in total. The van der Waals surface area contributed by atoms with Gasteiger partial charge in [-0.15, -0.1) is 0 Å². The summed E-state index contributed by atoms with van der Waals surface area (Å²) in [6.45, 7) is 6.30. The SMILES string of the molecule is CCN(C)c1ccc(CN[C@H](C)c2ccc3c(c2)OCO3)cn1. The highest BCUT2D eigenvalue weighted by Gasteiger charge is 2.15. The first kappa shape index (κ1) is 15.6. The van der Waals surface area contributed by atoms with E-state index in [0.717, 1.165) is 30.4 Å². The first-order valence-corrected chi connectivity index (χ1v) is 7.96. The number of benzene rings is 1. The largest absolute Gasteiger partial charge is 0.454 e. The molecule has 1 aliphatic rings. The summed E-state index contributed by atoms with van der Waals surface area (Å²) < 4.78 is 10.8. The molecule has 0 amide bonds. The number of fused-ring (bicyclic) bond motifs is 1. The number of nitrogens with one attached hydrogen (secondary N) is 1. The molecule has 0 fully saturated rings. The van der Waals surface area contributed by atoms with E-state index in [2.05, 4.69) is 47.2 Å². The van der Waals surface area contributed by atoms with Crippen molar-refractivity contribution in [1.29, 1.82) is 0 Å². The van der Waals surface area contributed by atoms with Gasteiger partial charge in [-0.05, 0) is 43.2 Å². The molecule has 0 saturated carbocycles. The van der Waals surface area contributed by atoms with Crippen LogP contribution in [0.15, 0.2) is 36.5 Å². The van der Waals surface area contributed by atoms with Crippen LogP contribution in [0, 0.1) is 0 Å². The van der Waals surface area contributed by atoms with E-state index in [1.54, 1.807) is 0 Å². The molecule has 1 atom stereocenters. The summed E-state index contributed by atoms with van der Waals surface area (Å²) in [4.78, 5) is 6.61. The third-order valence-corrected chi connectivity index (χ3v) is 4.18. The van der Waals surface area contributed by atoms with Crippen molar-refractivity contribution in [3.05, 3.63) is 47.7 Å². The Balaban J connectivity index is 1.59. The van der Waals surface area contributed by atoms with E-state index in [1.165, 1.54) is 11.1 Å². The number of aromatic nitrogens is 1. The molecule has 122 valence electrons. The van der Waals surface area contributed by atoms with Crippen molar-refractivity contribution in [2.75, 3.05) is 25.3 Å². The van der Waals surface area contributed by atoms with Gasteiger partial charge in [0, 0.05) is 32.4 Å². The van der Waals surface area contributed by atoms with Gasteiger partial charge in [0.2, 0.25) is 6.79 Å². The Morgan fingerprint density at radius 2 is 2.04 bits per heavy atom. The first-order valence-electron chi connectivity index (χ1n) is 7.96. The van der Waals surface area contributed by atoms with Crippen LogP contribution in [-0.2, 0) is 6.54 Å². The first-order chi connectivity index (χ1) is 11.2. The molecule has 0 unspecified atom stereocenters. The van der Waals surface area contributed by atoms with E-state index < -0.39 is 0 Å². The Bertz CT molecular complexity index is 658. The van der Waals surface area contributed by atoms with Gasteiger partial charge < -0.3 is 19.7 Å². The molecular formula is C18H23N3O2. The van der Waals surface area contributed by atoms with Crippen molar-refractivity contribution in [2.45, 2.75) is 26.4 Å². The third kappa shape index (κ3) is 3.56. The highest BCUT2D eigenvalue weighted by molar-refractivity contribution is 5.45. The Morgan fingerprint density at radius 3 is 2.78 bits per heavy atom. The van der Waals surface area contributed by atoms with Gasteiger partial charge >= 0.3 is 0 Å². The van der Waals surface area contributed by atoms with Crippen LogP contribution in [-0.4, -0.2) is 25.4 Å². The molecule has 1 N–H and O–H groups in total. The molecule has 0 saturated heterocycles. The summed E-state index contributed by atoms with van der Waals surface area (Å²) in [5.74, 6) is 2.64. The summed E-state index contributed by atoms with van der Waals surface area (Å²) in [7, 11) is 2.04. The van der Waals surface area contributed by atoms with Gasteiger partial charge in [0.05, 0.1) is 0 Å². The monoisotopic (exact) mass is 313 g/mol. The number of rotatable bonds is 6. The maximum atomic E-state index is 5.43. The summed E-state index contributed by atoms with van der Waals surface area (Å²) in [5, 5.41) is 3.52. The van der Waals surface area contributed by atoms with E-state index in [1.807, 2.05) is 25.4 Å². The molecule has 23 heavy (non-hydrogen) atoms. The van der Waals surface area contributed by atoms with E-state index >= 15 is 0 Å². The highest BCUT2D eigenvalue weighted by Crippen LogP contribution is 2.34. The lowest BCUT2D eigenvalue weighted by molar-refractivity contribution is 0.174. The van der Waals surface area contributed by atoms with Crippen LogP contribution in [0.25, 0.3) is 0 Å². The quantitative estimate of drug-likeness (QED) is 0.888. The van der Waals surface area contributed by atoms with Crippen molar-refractivity contribution in [3.8, 4) is 11.5 Å². The fourth-order valence-corrected chi connectivity index (χ4v) is 2.48. The Morgan fingerprint density at radius 1 is 1.22 bits per heavy atom. The third-order valence-electron chi connectivity index (χ3n) is 4.18. The molecule has 5 heteroatoms. The zero-order chi connectivity index (χ0) is 16.2.